The van der Waals surface area contributed by atoms with E-state index in [0.717, 1.165) is 38.7 Å². The summed E-state index contributed by atoms with van der Waals surface area (Å²) < 4.78 is 11.4. The fourth-order valence-electron chi connectivity index (χ4n) is 2.04. The first-order chi connectivity index (χ1) is 7.76. The molecule has 3 heteroatoms. The second kappa shape index (κ2) is 8.04. The Kier molecular flexibility index (Phi) is 7.01. The Bertz CT molecular complexity index is 163. The average molecular weight is 230 g/mol. The fraction of sp³-hybridized carbons (Fsp3) is 1.00. The maximum atomic E-state index is 9.09. The Morgan fingerprint density at radius 2 is 2.19 bits per heavy atom. The summed E-state index contributed by atoms with van der Waals surface area (Å²) in [6.07, 6.45) is 6.76. The molecule has 96 valence electrons. The molecule has 3 unspecified atom stereocenters. The number of aliphatic hydroxyl groups excluding tert-OH is 1. The van der Waals surface area contributed by atoms with E-state index in [0.29, 0.717) is 12.5 Å². The van der Waals surface area contributed by atoms with E-state index in [9.17, 15) is 0 Å². The largest absolute Gasteiger partial charge is 0.396 e. The molecule has 0 aromatic rings. The quantitative estimate of drug-likeness (QED) is 0.731. The molecule has 0 aliphatic carbocycles. The highest BCUT2D eigenvalue weighted by atomic mass is 16.7. The summed E-state index contributed by atoms with van der Waals surface area (Å²) in [5.74, 6) is 0.429. The average Bonchev–Trinajstić information content (AvgIpc) is 2.31. The van der Waals surface area contributed by atoms with Crippen molar-refractivity contribution in [2.24, 2.45) is 5.92 Å². The third kappa shape index (κ3) is 5.28. The van der Waals surface area contributed by atoms with E-state index < -0.39 is 0 Å². The molecule has 16 heavy (non-hydrogen) atoms. The molecule has 1 N–H and O–H groups in total. The Labute approximate surface area is 99.1 Å². The first-order valence-electron chi connectivity index (χ1n) is 6.64. The predicted octanol–water partition coefficient (Wildman–Crippen LogP) is 2.72. The fourth-order valence-corrected chi connectivity index (χ4v) is 2.04. The van der Waals surface area contributed by atoms with Crippen LogP contribution in [-0.4, -0.2) is 30.7 Å². The maximum Gasteiger partial charge on any atom is 0.157 e. The minimum Gasteiger partial charge on any atom is -0.396 e. The van der Waals surface area contributed by atoms with Crippen molar-refractivity contribution in [1.29, 1.82) is 0 Å². The standard InChI is InChI=1S/C13H26O3/c1-3-12(10-14)8-7-11(2)16-13-6-4-5-9-15-13/h11-14H,3-10H2,1-2H3. The van der Waals surface area contributed by atoms with Gasteiger partial charge in [0.25, 0.3) is 0 Å². The summed E-state index contributed by atoms with van der Waals surface area (Å²) in [5, 5.41) is 9.09. The lowest BCUT2D eigenvalue weighted by molar-refractivity contribution is -0.186. The van der Waals surface area contributed by atoms with Gasteiger partial charge in [0.15, 0.2) is 6.29 Å². The SMILES string of the molecule is CCC(CO)CCC(C)OC1CCCCO1. The van der Waals surface area contributed by atoms with E-state index in [4.69, 9.17) is 14.6 Å². The van der Waals surface area contributed by atoms with Crippen molar-refractivity contribution in [2.75, 3.05) is 13.2 Å². The maximum absolute atomic E-state index is 9.09. The van der Waals surface area contributed by atoms with Crippen LogP contribution in [0.25, 0.3) is 0 Å². The first kappa shape index (κ1) is 13.9. The minimum absolute atomic E-state index is 0.0120. The molecule has 0 aromatic heterocycles. The number of ether oxygens (including phenoxy) is 2. The lowest BCUT2D eigenvalue weighted by atomic mass is 10.00. The molecule has 1 heterocycles. The van der Waals surface area contributed by atoms with Gasteiger partial charge in [-0.25, -0.2) is 0 Å². The van der Waals surface area contributed by atoms with Gasteiger partial charge in [0.05, 0.1) is 6.10 Å². The van der Waals surface area contributed by atoms with Gasteiger partial charge in [-0.3, -0.25) is 0 Å². The zero-order chi connectivity index (χ0) is 11.8. The minimum atomic E-state index is 0.0120. The van der Waals surface area contributed by atoms with Crippen molar-refractivity contribution in [1.82, 2.24) is 0 Å². The zero-order valence-electron chi connectivity index (χ0n) is 10.7. The molecule has 0 aromatic carbocycles. The van der Waals surface area contributed by atoms with Crippen LogP contribution in [0.15, 0.2) is 0 Å². The molecule has 0 radical (unpaired) electrons. The van der Waals surface area contributed by atoms with Gasteiger partial charge in [-0.2, -0.15) is 0 Å². The predicted molar refractivity (Wildman–Crippen MR) is 64.2 cm³/mol. The third-order valence-corrected chi connectivity index (χ3v) is 3.34. The van der Waals surface area contributed by atoms with E-state index in [1.807, 2.05) is 0 Å². The monoisotopic (exact) mass is 230 g/mol. The van der Waals surface area contributed by atoms with Gasteiger partial charge >= 0.3 is 0 Å². The van der Waals surface area contributed by atoms with Crippen LogP contribution in [-0.2, 0) is 9.47 Å². The summed E-state index contributed by atoms with van der Waals surface area (Å²) in [6.45, 7) is 5.35. The van der Waals surface area contributed by atoms with Crippen molar-refractivity contribution in [3.05, 3.63) is 0 Å². The number of aliphatic hydroxyl groups is 1. The molecular formula is C13H26O3. The van der Waals surface area contributed by atoms with Crippen molar-refractivity contribution in [3.8, 4) is 0 Å². The van der Waals surface area contributed by atoms with Gasteiger partial charge in [0, 0.05) is 13.2 Å². The second-order valence-electron chi connectivity index (χ2n) is 4.78. The van der Waals surface area contributed by atoms with Crippen LogP contribution < -0.4 is 0 Å². The van der Waals surface area contributed by atoms with E-state index in [2.05, 4.69) is 13.8 Å². The lowest BCUT2D eigenvalue weighted by Crippen LogP contribution is -2.26. The summed E-state index contributed by atoms with van der Waals surface area (Å²) in [7, 11) is 0. The molecular weight excluding hydrogens is 204 g/mol. The van der Waals surface area contributed by atoms with Crippen LogP contribution in [0.2, 0.25) is 0 Å². The zero-order valence-corrected chi connectivity index (χ0v) is 10.7. The number of hydrogen-bond acceptors (Lipinski definition) is 3. The Hall–Kier alpha value is -0.120. The molecule has 0 spiro atoms. The van der Waals surface area contributed by atoms with Gasteiger partial charge in [-0.15, -0.1) is 0 Å². The van der Waals surface area contributed by atoms with Crippen LogP contribution in [0.1, 0.15) is 52.4 Å². The van der Waals surface area contributed by atoms with Crippen molar-refractivity contribution in [2.45, 2.75) is 64.8 Å². The Morgan fingerprint density at radius 1 is 1.38 bits per heavy atom. The van der Waals surface area contributed by atoms with E-state index in [1.165, 1.54) is 6.42 Å². The van der Waals surface area contributed by atoms with Crippen molar-refractivity contribution in [3.63, 3.8) is 0 Å². The smallest absolute Gasteiger partial charge is 0.157 e. The van der Waals surface area contributed by atoms with Crippen LogP contribution in [0.4, 0.5) is 0 Å². The van der Waals surface area contributed by atoms with E-state index in [1.54, 1.807) is 0 Å². The molecule has 1 aliphatic heterocycles. The highest BCUT2D eigenvalue weighted by molar-refractivity contribution is 4.61. The Morgan fingerprint density at radius 3 is 2.75 bits per heavy atom. The lowest BCUT2D eigenvalue weighted by Gasteiger charge is -2.26. The highest BCUT2D eigenvalue weighted by Crippen LogP contribution is 2.19. The second-order valence-corrected chi connectivity index (χ2v) is 4.78. The van der Waals surface area contributed by atoms with Crippen LogP contribution >= 0.6 is 0 Å². The van der Waals surface area contributed by atoms with Crippen LogP contribution in [0.5, 0.6) is 0 Å². The van der Waals surface area contributed by atoms with Gasteiger partial charge in [0.1, 0.15) is 0 Å². The van der Waals surface area contributed by atoms with E-state index in [-0.39, 0.29) is 12.4 Å². The molecule has 1 fully saturated rings. The van der Waals surface area contributed by atoms with Crippen LogP contribution in [0.3, 0.4) is 0 Å². The molecule has 0 amide bonds. The Balaban J connectivity index is 2.11. The van der Waals surface area contributed by atoms with Crippen molar-refractivity contribution < 1.29 is 14.6 Å². The normalized spacial score (nSPS) is 25.3. The van der Waals surface area contributed by atoms with E-state index >= 15 is 0 Å². The molecule has 1 rings (SSSR count). The van der Waals surface area contributed by atoms with Gasteiger partial charge < -0.3 is 14.6 Å². The first-order valence-corrected chi connectivity index (χ1v) is 6.64. The van der Waals surface area contributed by atoms with Gasteiger partial charge in [-0.05, 0) is 44.9 Å². The van der Waals surface area contributed by atoms with Gasteiger partial charge in [0.2, 0.25) is 0 Å². The highest BCUT2D eigenvalue weighted by Gasteiger charge is 2.17. The summed E-state index contributed by atoms with van der Waals surface area (Å²) >= 11 is 0. The third-order valence-electron chi connectivity index (χ3n) is 3.34. The topological polar surface area (TPSA) is 38.7 Å². The summed E-state index contributed by atoms with van der Waals surface area (Å²) in [4.78, 5) is 0. The molecule has 3 nitrogen and oxygen atoms in total. The number of hydrogen-bond donors (Lipinski definition) is 1. The molecule has 3 atom stereocenters. The van der Waals surface area contributed by atoms with Crippen molar-refractivity contribution >= 4 is 0 Å². The summed E-state index contributed by atoms with van der Waals surface area (Å²) in [5.41, 5.74) is 0. The number of rotatable bonds is 7. The summed E-state index contributed by atoms with van der Waals surface area (Å²) in [6, 6.07) is 0. The van der Waals surface area contributed by atoms with Crippen LogP contribution in [0, 0.1) is 5.92 Å². The molecule has 1 saturated heterocycles. The molecule has 0 bridgehead atoms. The van der Waals surface area contributed by atoms with Gasteiger partial charge in [-0.1, -0.05) is 13.3 Å². The molecule has 0 saturated carbocycles. The molecule has 1 aliphatic rings.